The van der Waals surface area contributed by atoms with Crippen LogP contribution in [-0.4, -0.2) is 34.5 Å². The molecule has 1 N–H and O–H groups in total. The molecule has 2 aliphatic heterocycles. The summed E-state index contributed by atoms with van der Waals surface area (Å²) in [4.78, 5) is 39.7. The average molecular weight is 429 g/mol. The number of ketones is 1. The second-order valence-electron chi connectivity index (χ2n) is 8.86. The zero-order chi connectivity index (χ0) is 22.3. The summed E-state index contributed by atoms with van der Waals surface area (Å²) in [6, 6.07) is 6.93. The zero-order valence-electron chi connectivity index (χ0n) is 17.4. The van der Waals surface area contributed by atoms with Crippen LogP contribution in [0.3, 0.4) is 0 Å². The third-order valence-electron chi connectivity index (χ3n) is 6.84. The highest BCUT2D eigenvalue weighted by Crippen LogP contribution is 2.44. The maximum atomic E-state index is 13.7. The van der Waals surface area contributed by atoms with Gasteiger partial charge in [0.1, 0.15) is 0 Å². The molecule has 4 rings (SSSR count). The van der Waals surface area contributed by atoms with E-state index in [4.69, 9.17) is 5.26 Å². The first-order valence-corrected chi connectivity index (χ1v) is 10.7. The number of hydrogen-bond acceptors (Lipinski definition) is 4. The molecule has 3 aliphatic rings. The number of carbonyl (C=O) groups excluding carboxylic acids is 3. The van der Waals surface area contributed by atoms with Crippen molar-refractivity contribution >= 4 is 17.6 Å². The molecule has 31 heavy (non-hydrogen) atoms. The molecule has 1 aromatic carbocycles. The quantitative estimate of drug-likeness (QED) is 0.779. The molecule has 0 spiro atoms. The number of rotatable bonds is 5. The predicted octanol–water partition coefficient (Wildman–Crippen LogP) is 2.74. The Balaban J connectivity index is 1.38. The number of nitrogens with one attached hydrogen (secondary N) is 1. The molecular formula is C23H25F2N3O3. The molecule has 0 bridgehead atoms. The molecule has 2 amide bonds. The summed E-state index contributed by atoms with van der Waals surface area (Å²) in [6.07, 6.45) is -0.328. The van der Waals surface area contributed by atoms with Crippen molar-refractivity contribution in [1.82, 2.24) is 10.2 Å². The minimum absolute atomic E-state index is 0.0203. The monoisotopic (exact) mass is 429 g/mol. The van der Waals surface area contributed by atoms with Gasteiger partial charge >= 0.3 is 0 Å². The van der Waals surface area contributed by atoms with E-state index < -0.39 is 54.3 Å². The standard InChI is InChI=1S/C23H25F2N3O3/c1-2-13-4-3-5-14-11-28(12-18(13)14)20(29)7-15-6-19(27-22(15)31)21(30)17-9-23(24,25)8-16(17)10-26/h3-5,15-17,19H,2,6-9,11-12H2,1H3,(H,27,31)/t15-,16-,17?,19?/m0/s1. The Morgan fingerprint density at radius 3 is 2.77 bits per heavy atom. The maximum Gasteiger partial charge on any atom is 0.250 e. The lowest BCUT2D eigenvalue weighted by Crippen LogP contribution is -2.38. The van der Waals surface area contributed by atoms with Crippen molar-refractivity contribution in [3.63, 3.8) is 0 Å². The molecule has 4 atom stereocenters. The normalized spacial score (nSPS) is 28.8. The minimum atomic E-state index is -3.04. The molecule has 2 fully saturated rings. The summed E-state index contributed by atoms with van der Waals surface area (Å²) in [5.74, 6) is -6.92. The van der Waals surface area contributed by atoms with Gasteiger partial charge < -0.3 is 10.2 Å². The van der Waals surface area contributed by atoms with E-state index >= 15 is 0 Å². The number of aryl methyl sites for hydroxylation is 1. The molecular weight excluding hydrogens is 404 g/mol. The van der Waals surface area contributed by atoms with Gasteiger partial charge in [-0.1, -0.05) is 25.1 Å². The number of halogens is 2. The van der Waals surface area contributed by atoms with Gasteiger partial charge in [-0.25, -0.2) is 8.78 Å². The highest BCUT2D eigenvalue weighted by Gasteiger charge is 2.52. The van der Waals surface area contributed by atoms with Gasteiger partial charge in [0.15, 0.2) is 5.78 Å². The molecule has 1 aliphatic carbocycles. The lowest BCUT2D eigenvalue weighted by Gasteiger charge is -2.18. The summed E-state index contributed by atoms with van der Waals surface area (Å²) < 4.78 is 27.4. The Kier molecular flexibility index (Phi) is 5.54. The largest absolute Gasteiger partial charge is 0.346 e. The van der Waals surface area contributed by atoms with Gasteiger partial charge in [0.25, 0.3) is 0 Å². The molecule has 1 saturated heterocycles. The van der Waals surface area contributed by atoms with Crippen LogP contribution >= 0.6 is 0 Å². The van der Waals surface area contributed by atoms with E-state index in [-0.39, 0.29) is 18.7 Å². The minimum Gasteiger partial charge on any atom is -0.346 e. The molecule has 2 heterocycles. The number of Topliss-reactive ketones (excluding diaryl/α,β-unsaturated/α-hetero) is 1. The first-order valence-electron chi connectivity index (χ1n) is 10.7. The molecule has 0 radical (unpaired) electrons. The van der Waals surface area contributed by atoms with Gasteiger partial charge in [-0.2, -0.15) is 5.26 Å². The lowest BCUT2D eigenvalue weighted by atomic mass is 9.87. The Labute approximate surface area is 179 Å². The molecule has 1 saturated carbocycles. The molecule has 0 aromatic heterocycles. The van der Waals surface area contributed by atoms with Gasteiger partial charge in [-0.3, -0.25) is 14.4 Å². The van der Waals surface area contributed by atoms with Crippen molar-refractivity contribution in [1.29, 1.82) is 5.26 Å². The topological polar surface area (TPSA) is 90.3 Å². The van der Waals surface area contributed by atoms with Gasteiger partial charge in [-0.15, -0.1) is 0 Å². The second kappa shape index (κ2) is 8.03. The number of amides is 2. The Morgan fingerprint density at radius 1 is 1.29 bits per heavy atom. The van der Waals surface area contributed by atoms with Gasteiger partial charge in [0.2, 0.25) is 17.7 Å². The van der Waals surface area contributed by atoms with Crippen LogP contribution in [0.15, 0.2) is 18.2 Å². The number of hydrogen-bond donors (Lipinski definition) is 1. The summed E-state index contributed by atoms with van der Waals surface area (Å²) in [5, 5.41) is 11.7. The third-order valence-corrected chi connectivity index (χ3v) is 6.84. The molecule has 164 valence electrons. The summed E-state index contributed by atoms with van der Waals surface area (Å²) in [7, 11) is 0. The first kappa shape index (κ1) is 21.4. The van der Waals surface area contributed by atoms with Crippen molar-refractivity contribution < 1.29 is 23.2 Å². The van der Waals surface area contributed by atoms with Crippen LogP contribution in [0.4, 0.5) is 8.78 Å². The lowest BCUT2D eigenvalue weighted by molar-refractivity contribution is -0.135. The molecule has 2 unspecified atom stereocenters. The van der Waals surface area contributed by atoms with E-state index in [9.17, 15) is 23.2 Å². The Bertz CT molecular complexity index is 971. The first-order chi connectivity index (χ1) is 14.7. The number of carbonyl (C=O) groups is 3. The van der Waals surface area contributed by atoms with Crippen LogP contribution in [0, 0.1) is 29.1 Å². The number of benzene rings is 1. The van der Waals surface area contributed by atoms with Crippen molar-refractivity contribution in [3.8, 4) is 6.07 Å². The van der Waals surface area contributed by atoms with Crippen LogP contribution < -0.4 is 5.32 Å². The third kappa shape index (κ3) is 4.06. The van der Waals surface area contributed by atoms with Crippen molar-refractivity contribution in [2.24, 2.45) is 17.8 Å². The Morgan fingerprint density at radius 2 is 2.06 bits per heavy atom. The number of fused-ring (bicyclic) bond motifs is 1. The van der Waals surface area contributed by atoms with E-state index in [0.717, 1.165) is 17.5 Å². The van der Waals surface area contributed by atoms with Crippen LogP contribution in [0.25, 0.3) is 0 Å². The van der Waals surface area contributed by atoms with Crippen LogP contribution in [0.1, 0.15) is 49.3 Å². The SMILES string of the molecule is CCc1cccc2c1CN(C(=O)C[C@@H]1CC(C(=O)C3CC(F)(F)C[C@H]3C#N)NC1=O)C2. The van der Waals surface area contributed by atoms with Gasteiger partial charge in [0.05, 0.1) is 18.0 Å². The van der Waals surface area contributed by atoms with E-state index in [1.54, 1.807) is 4.90 Å². The Hall–Kier alpha value is -2.82. The fraction of sp³-hybridized carbons (Fsp3) is 0.565. The number of nitrogens with zero attached hydrogens (tertiary/aromatic N) is 2. The van der Waals surface area contributed by atoms with Crippen LogP contribution in [0.5, 0.6) is 0 Å². The smallest absolute Gasteiger partial charge is 0.250 e. The van der Waals surface area contributed by atoms with Crippen LogP contribution in [0.2, 0.25) is 0 Å². The zero-order valence-corrected chi connectivity index (χ0v) is 17.4. The van der Waals surface area contributed by atoms with E-state index in [1.807, 2.05) is 18.2 Å². The fourth-order valence-corrected chi connectivity index (χ4v) is 5.15. The fourth-order valence-electron chi connectivity index (χ4n) is 5.15. The van der Waals surface area contributed by atoms with E-state index in [2.05, 4.69) is 18.3 Å². The van der Waals surface area contributed by atoms with Gasteiger partial charge in [0, 0.05) is 44.2 Å². The van der Waals surface area contributed by atoms with Gasteiger partial charge in [-0.05, 0) is 29.5 Å². The summed E-state index contributed by atoms with van der Waals surface area (Å²) >= 11 is 0. The molecule has 6 nitrogen and oxygen atoms in total. The highest BCUT2D eigenvalue weighted by molar-refractivity contribution is 5.96. The van der Waals surface area contributed by atoms with E-state index in [1.165, 1.54) is 5.56 Å². The predicted molar refractivity (Wildman–Crippen MR) is 107 cm³/mol. The van der Waals surface area contributed by atoms with Crippen molar-refractivity contribution in [2.75, 3.05) is 0 Å². The molecule has 1 aromatic rings. The van der Waals surface area contributed by atoms with Crippen LogP contribution in [-0.2, 0) is 33.9 Å². The van der Waals surface area contributed by atoms with Crippen molar-refractivity contribution in [2.45, 2.75) is 64.1 Å². The number of alkyl halides is 2. The highest BCUT2D eigenvalue weighted by atomic mass is 19.3. The van der Waals surface area contributed by atoms with Crippen molar-refractivity contribution in [3.05, 3.63) is 34.9 Å². The summed E-state index contributed by atoms with van der Waals surface area (Å²) in [6.45, 7) is 3.08. The second-order valence-corrected chi connectivity index (χ2v) is 8.86. The average Bonchev–Trinajstić information content (AvgIpc) is 3.41. The van der Waals surface area contributed by atoms with E-state index in [0.29, 0.717) is 13.1 Å². The summed E-state index contributed by atoms with van der Waals surface area (Å²) in [5.41, 5.74) is 3.48. The molecule has 8 heteroatoms. The maximum absolute atomic E-state index is 13.7. The number of nitriles is 1.